The molecular weight excluding hydrogens is 421 g/mol. The molecule has 3 aromatic rings. The maximum Gasteiger partial charge on any atom is 0.251 e. The lowest BCUT2D eigenvalue weighted by Gasteiger charge is -2.36. The number of benzene rings is 2. The van der Waals surface area contributed by atoms with E-state index < -0.39 is 5.82 Å². The van der Waals surface area contributed by atoms with Gasteiger partial charge in [0.25, 0.3) is 5.91 Å². The monoisotopic (exact) mass is 441 g/mol. The normalized spacial score (nSPS) is 13.8. The van der Waals surface area contributed by atoms with E-state index in [1.165, 1.54) is 12.4 Å². The van der Waals surface area contributed by atoms with Crippen LogP contribution in [0.15, 0.2) is 48.8 Å². The summed E-state index contributed by atoms with van der Waals surface area (Å²) in [6.07, 6.45) is 1.46. The number of piperazine rings is 1. The van der Waals surface area contributed by atoms with Crippen molar-refractivity contribution in [2.45, 2.75) is 0 Å². The lowest BCUT2D eigenvalue weighted by Crippen LogP contribution is -2.47. The summed E-state index contributed by atoms with van der Waals surface area (Å²) >= 11 is 5.91. The molecule has 4 rings (SSSR count). The summed E-state index contributed by atoms with van der Waals surface area (Å²) in [5, 5.41) is 5.84. The van der Waals surface area contributed by atoms with Gasteiger partial charge in [0.05, 0.1) is 5.02 Å². The number of hydrogen-bond acceptors (Lipinski definition) is 7. The lowest BCUT2D eigenvalue weighted by atomic mass is 10.2. The van der Waals surface area contributed by atoms with Crippen molar-refractivity contribution in [2.75, 3.05) is 48.3 Å². The third kappa shape index (κ3) is 4.83. The Labute approximate surface area is 184 Å². The maximum absolute atomic E-state index is 13.4. The minimum absolute atomic E-state index is 0.119. The molecular formula is C21H21ClFN7O. The van der Waals surface area contributed by atoms with E-state index in [0.717, 1.165) is 18.8 Å². The Kier molecular flexibility index (Phi) is 6.13. The van der Waals surface area contributed by atoms with Crippen molar-refractivity contribution in [3.05, 3.63) is 65.2 Å². The number of carbonyl (C=O) groups excluding carboxylic acids is 1. The van der Waals surface area contributed by atoms with E-state index in [4.69, 9.17) is 11.6 Å². The van der Waals surface area contributed by atoms with Gasteiger partial charge in [-0.25, -0.2) is 14.4 Å². The number of carbonyl (C=O) groups is 1. The molecule has 1 saturated heterocycles. The predicted octanol–water partition coefficient (Wildman–Crippen LogP) is 3.09. The van der Waals surface area contributed by atoms with Gasteiger partial charge in [-0.3, -0.25) is 4.79 Å². The third-order valence-electron chi connectivity index (χ3n) is 5.00. The van der Waals surface area contributed by atoms with Crippen molar-refractivity contribution >= 4 is 40.8 Å². The van der Waals surface area contributed by atoms with Crippen LogP contribution in [-0.4, -0.2) is 54.1 Å². The smallest absolute Gasteiger partial charge is 0.251 e. The molecule has 1 fully saturated rings. The number of nitrogens with zero attached hydrogens (tertiary/aromatic N) is 5. The van der Waals surface area contributed by atoms with Crippen LogP contribution in [-0.2, 0) is 0 Å². The van der Waals surface area contributed by atoms with Gasteiger partial charge in [-0.05, 0) is 36.4 Å². The first-order chi connectivity index (χ1) is 15.0. The number of amides is 1. The van der Waals surface area contributed by atoms with E-state index >= 15 is 0 Å². The summed E-state index contributed by atoms with van der Waals surface area (Å²) in [7, 11) is 1.59. The fourth-order valence-corrected chi connectivity index (χ4v) is 3.53. The Morgan fingerprint density at radius 3 is 2.58 bits per heavy atom. The van der Waals surface area contributed by atoms with Crippen molar-refractivity contribution < 1.29 is 9.18 Å². The molecule has 2 aromatic carbocycles. The summed E-state index contributed by atoms with van der Waals surface area (Å²) in [5.41, 5.74) is 2.13. The molecule has 1 aromatic heterocycles. The molecule has 1 aliphatic heterocycles. The molecule has 0 radical (unpaired) electrons. The van der Waals surface area contributed by atoms with Gasteiger partial charge in [0, 0.05) is 50.2 Å². The second-order valence-corrected chi connectivity index (χ2v) is 7.37. The van der Waals surface area contributed by atoms with Crippen LogP contribution in [0.1, 0.15) is 10.4 Å². The number of aromatic nitrogens is 3. The topological polar surface area (TPSA) is 86.3 Å². The molecule has 0 atom stereocenters. The number of rotatable bonds is 5. The Morgan fingerprint density at radius 2 is 1.84 bits per heavy atom. The second-order valence-electron chi connectivity index (χ2n) is 6.97. The van der Waals surface area contributed by atoms with Gasteiger partial charge < -0.3 is 20.4 Å². The quantitative estimate of drug-likeness (QED) is 0.629. The van der Waals surface area contributed by atoms with Gasteiger partial charge in [0.2, 0.25) is 11.9 Å². The first kappa shape index (κ1) is 20.8. The van der Waals surface area contributed by atoms with Crippen molar-refractivity contribution in [3.63, 3.8) is 0 Å². The number of hydrogen-bond donors (Lipinski definition) is 2. The van der Waals surface area contributed by atoms with Gasteiger partial charge in [-0.1, -0.05) is 17.7 Å². The van der Waals surface area contributed by atoms with E-state index in [-0.39, 0.29) is 10.9 Å². The van der Waals surface area contributed by atoms with Crippen LogP contribution in [0.4, 0.5) is 27.7 Å². The Bertz CT molecular complexity index is 1090. The highest BCUT2D eigenvalue weighted by molar-refractivity contribution is 6.31. The Morgan fingerprint density at radius 1 is 1.06 bits per heavy atom. The molecule has 1 amide bonds. The molecule has 10 heteroatoms. The molecule has 0 spiro atoms. The van der Waals surface area contributed by atoms with Crippen LogP contribution in [0.25, 0.3) is 0 Å². The van der Waals surface area contributed by atoms with Gasteiger partial charge in [0.15, 0.2) is 0 Å². The van der Waals surface area contributed by atoms with Crippen molar-refractivity contribution in [3.8, 4) is 0 Å². The molecule has 1 aliphatic rings. The predicted molar refractivity (Wildman–Crippen MR) is 119 cm³/mol. The first-order valence-corrected chi connectivity index (χ1v) is 10.1. The zero-order valence-electron chi connectivity index (χ0n) is 16.8. The fourth-order valence-electron chi connectivity index (χ4n) is 3.36. The van der Waals surface area contributed by atoms with Crippen molar-refractivity contribution in [2.24, 2.45) is 0 Å². The summed E-state index contributed by atoms with van der Waals surface area (Å²) in [6.45, 7) is 2.85. The van der Waals surface area contributed by atoms with E-state index in [1.54, 1.807) is 37.4 Å². The first-order valence-electron chi connectivity index (χ1n) is 9.76. The van der Waals surface area contributed by atoms with E-state index in [9.17, 15) is 9.18 Å². The molecule has 0 bridgehead atoms. The van der Waals surface area contributed by atoms with Crippen LogP contribution in [0, 0.1) is 5.82 Å². The number of nitrogens with one attached hydrogen (secondary N) is 2. The molecule has 0 unspecified atom stereocenters. The molecule has 0 aliphatic carbocycles. The second kappa shape index (κ2) is 9.13. The highest BCUT2D eigenvalue weighted by atomic mass is 35.5. The molecule has 2 heterocycles. The average Bonchev–Trinajstić information content (AvgIpc) is 2.81. The van der Waals surface area contributed by atoms with Crippen LogP contribution < -0.4 is 20.4 Å². The van der Waals surface area contributed by atoms with Crippen molar-refractivity contribution in [1.82, 2.24) is 20.3 Å². The van der Waals surface area contributed by atoms with Gasteiger partial charge >= 0.3 is 0 Å². The van der Waals surface area contributed by atoms with E-state index in [1.807, 2.05) is 6.07 Å². The zero-order chi connectivity index (χ0) is 21.8. The molecule has 160 valence electrons. The molecule has 0 saturated carbocycles. The van der Waals surface area contributed by atoms with E-state index in [0.29, 0.717) is 36.2 Å². The van der Waals surface area contributed by atoms with Gasteiger partial charge in [0.1, 0.15) is 12.1 Å². The standard InChI is InChI=1S/C21H21ClFN7O/c1-24-19(31)14-3-2-4-15(11-14)27-20-25-13-26-21(28-20)30-9-7-29(8-10-30)16-5-6-18(23)17(22)12-16/h2-6,11-13H,7-10H2,1H3,(H,24,31)(H,25,26,27,28). The summed E-state index contributed by atoms with van der Waals surface area (Å²) in [6, 6.07) is 11.8. The van der Waals surface area contributed by atoms with E-state index in [2.05, 4.69) is 35.4 Å². The Hall–Kier alpha value is -3.46. The van der Waals surface area contributed by atoms with Gasteiger partial charge in [-0.15, -0.1) is 0 Å². The largest absolute Gasteiger partial charge is 0.368 e. The van der Waals surface area contributed by atoms with Crippen LogP contribution in [0.3, 0.4) is 0 Å². The molecule has 31 heavy (non-hydrogen) atoms. The summed E-state index contributed by atoms with van der Waals surface area (Å²) in [5.74, 6) is 0.374. The van der Waals surface area contributed by atoms with Crippen LogP contribution in [0.5, 0.6) is 0 Å². The highest BCUT2D eigenvalue weighted by Gasteiger charge is 2.20. The maximum atomic E-state index is 13.4. The number of anilines is 4. The minimum atomic E-state index is -0.421. The Balaban J connectivity index is 1.42. The lowest BCUT2D eigenvalue weighted by molar-refractivity contribution is 0.0963. The zero-order valence-corrected chi connectivity index (χ0v) is 17.6. The van der Waals surface area contributed by atoms with Gasteiger partial charge in [-0.2, -0.15) is 4.98 Å². The summed E-state index contributed by atoms with van der Waals surface area (Å²) in [4.78, 5) is 29.0. The van der Waals surface area contributed by atoms with Crippen molar-refractivity contribution in [1.29, 1.82) is 0 Å². The third-order valence-corrected chi connectivity index (χ3v) is 5.29. The highest BCUT2D eigenvalue weighted by Crippen LogP contribution is 2.24. The molecule has 8 nitrogen and oxygen atoms in total. The average molecular weight is 442 g/mol. The summed E-state index contributed by atoms with van der Waals surface area (Å²) < 4.78 is 13.4. The van der Waals surface area contributed by atoms with Crippen LogP contribution in [0.2, 0.25) is 5.02 Å². The minimum Gasteiger partial charge on any atom is -0.368 e. The van der Waals surface area contributed by atoms with Crippen LogP contribution >= 0.6 is 11.6 Å². The fraction of sp³-hybridized carbons (Fsp3) is 0.238. The molecule has 2 N–H and O–H groups in total. The SMILES string of the molecule is CNC(=O)c1cccc(Nc2ncnc(N3CCN(c4ccc(F)c(Cl)c4)CC3)n2)c1. The number of halogens is 2.